The number of hydrogen-bond acceptors (Lipinski definition) is 4. The van der Waals surface area contributed by atoms with Gasteiger partial charge in [-0.1, -0.05) is 60.7 Å². The van der Waals surface area contributed by atoms with Crippen molar-refractivity contribution < 1.29 is 23.5 Å². The second-order valence-corrected chi connectivity index (χ2v) is 8.96. The molecule has 2 N–H and O–H groups in total. The van der Waals surface area contributed by atoms with Gasteiger partial charge in [-0.2, -0.15) is 0 Å². The van der Waals surface area contributed by atoms with Crippen molar-refractivity contribution in [3.63, 3.8) is 0 Å². The molecular weight excluding hydrogens is 459 g/mol. The van der Waals surface area contributed by atoms with E-state index in [0.717, 1.165) is 16.7 Å². The van der Waals surface area contributed by atoms with Gasteiger partial charge in [0.2, 0.25) is 18.6 Å². The van der Waals surface area contributed by atoms with Crippen molar-refractivity contribution in [1.82, 2.24) is 10.6 Å². The summed E-state index contributed by atoms with van der Waals surface area (Å²) in [5, 5.41) is 6.19. The highest BCUT2D eigenvalue weighted by Crippen LogP contribution is 2.35. The van der Waals surface area contributed by atoms with Gasteiger partial charge in [0.15, 0.2) is 11.5 Å². The fraction of sp³-hybridized carbons (Fsp3) is 0.241. The molecule has 0 aromatic heterocycles. The number of benzene rings is 3. The Kier molecular flexibility index (Phi) is 6.98. The molecule has 0 saturated heterocycles. The maximum atomic E-state index is 13.6. The Morgan fingerprint density at radius 2 is 1.39 bits per heavy atom. The van der Waals surface area contributed by atoms with Crippen molar-refractivity contribution in [2.45, 2.75) is 37.3 Å². The van der Waals surface area contributed by atoms with Gasteiger partial charge in [0.25, 0.3) is 0 Å². The van der Waals surface area contributed by atoms with Crippen molar-refractivity contribution in [2.24, 2.45) is 0 Å². The van der Waals surface area contributed by atoms with E-state index < -0.39 is 5.92 Å². The fourth-order valence-electron chi connectivity index (χ4n) is 4.60. The lowest BCUT2D eigenvalue weighted by Gasteiger charge is -2.25. The summed E-state index contributed by atoms with van der Waals surface area (Å²) in [4.78, 5) is 26.7. The molecule has 6 nitrogen and oxygen atoms in total. The zero-order valence-corrected chi connectivity index (χ0v) is 19.7. The lowest BCUT2D eigenvalue weighted by molar-refractivity contribution is -0.128. The van der Waals surface area contributed by atoms with Crippen molar-refractivity contribution in [2.75, 3.05) is 6.79 Å². The molecule has 0 spiro atoms. The van der Waals surface area contributed by atoms with Crippen LogP contribution in [-0.2, 0) is 9.59 Å². The van der Waals surface area contributed by atoms with Gasteiger partial charge in [-0.05, 0) is 53.8 Å². The van der Waals surface area contributed by atoms with Crippen LogP contribution in [0.3, 0.4) is 0 Å². The SMILES string of the molecule is O=C1C[C@@H](c2ccccc2)C(=O)N[C@@H](c2ccc3c(c2)OCO3)C/C=C\C[C@H](c2ccc(F)cc2)N1. The van der Waals surface area contributed by atoms with E-state index in [1.807, 2.05) is 60.7 Å². The number of fused-ring (bicyclic) bond motifs is 1. The number of halogens is 1. The lowest BCUT2D eigenvalue weighted by atomic mass is 9.92. The molecule has 3 atom stereocenters. The van der Waals surface area contributed by atoms with E-state index in [1.165, 1.54) is 12.1 Å². The van der Waals surface area contributed by atoms with E-state index in [0.29, 0.717) is 24.3 Å². The molecule has 2 aliphatic heterocycles. The number of nitrogens with one attached hydrogen (secondary N) is 2. The van der Waals surface area contributed by atoms with Gasteiger partial charge >= 0.3 is 0 Å². The maximum absolute atomic E-state index is 13.6. The number of carbonyl (C=O) groups is 2. The number of rotatable bonds is 3. The highest BCUT2D eigenvalue weighted by Gasteiger charge is 2.28. The first kappa shape index (κ1) is 23.6. The molecule has 7 heteroatoms. The second-order valence-electron chi connectivity index (χ2n) is 8.96. The summed E-state index contributed by atoms with van der Waals surface area (Å²) in [6, 6.07) is 20.4. The first-order valence-corrected chi connectivity index (χ1v) is 12.0. The number of hydrogen-bond donors (Lipinski definition) is 2. The Balaban J connectivity index is 1.48. The molecule has 0 radical (unpaired) electrons. The first-order valence-electron chi connectivity index (χ1n) is 12.0. The summed E-state index contributed by atoms with van der Waals surface area (Å²) in [7, 11) is 0. The summed E-state index contributed by atoms with van der Waals surface area (Å²) >= 11 is 0. The minimum atomic E-state index is -0.667. The van der Waals surface area contributed by atoms with Gasteiger partial charge in [-0.25, -0.2) is 4.39 Å². The van der Waals surface area contributed by atoms with E-state index in [4.69, 9.17) is 9.47 Å². The van der Waals surface area contributed by atoms with Gasteiger partial charge < -0.3 is 20.1 Å². The van der Waals surface area contributed by atoms with Crippen molar-refractivity contribution in [3.8, 4) is 11.5 Å². The molecule has 3 aromatic rings. The monoisotopic (exact) mass is 486 g/mol. The van der Waals surface area contributed by atoms with Crippen LogP contribution in [0.5, 0.6) is 11.5 Å². The Morgan fingerprint density at radius 1 is 0.722 bits per heavy atom. The zero-order chi connectivity index (χ0) is 24.9. The Morgan fingerprint density at radius 3 is 2.14 bits per heavy atom. The molecule has 36 heavy (non-hydrogen) atoms. The highest BCUT2D eigenvalue weighted by molar-refractivity contribution is 5.90. The molecule has 2 aliphatic rings. The van der Waals surface area contributed by atoms with Crippen molar-refractivity contribution >= 4 is 11.8 Å². The maximum Gasteiger partial charge on any atom is 0.231 e. The number of carbonyl (C=O) groups excluding carboxylic acids is 2. The Hall–Kier alpha value is -4.13. The van der Waals surface area contributed by atoms with Crippen LogP contribution in [-0.4, -0.2) is 18.6 Å². The van der Waals surface area contributed by atoms with Crippen LogP contribution in [0.1, 0.15) is 54.0 Å². The third kappa shape index (κ3) is 5.40. The van der Waals surface area contributed by atoms with Crippen LogP contribution in [0.25, 0.3) is 0 Å². The minimum absolute atomic E-state index is 0.00881. The summed E-state index contributed by atoms with van der Waals surface area (Å²) in [5.74, 6) is -0.156. The van der Waals surface area contributed by atoms with Crippen molar-refractivity contribution in [1.29, 1.82) is 0 Å². The molecule has 2 amide bonds. The second kappa shape index (κ2) is 10.6. The predicted octanol–water partition coefficient (Wildman–Crippen LogP) is 5.09. The number of amides is 2. The molecule has 0 fully saturated rings. The molecule has 0 saturated carbocycles. The molecule has 0 unspecified atom stereocenters. The topological polar surface area (TPSA) is 76.7 Å². The number of ether oxygens (including phenoxy) is 2. The third-order valence-corrected chi connectivity index (χ3v) is 6.54. The predicted molar refractivity (Wildman–Crippen MR) is 133 cm³/mol. The van der Waals surface area contributed by atoms with Gasteiger partial charge in [-0.3, -0.25) is 9.59 Å². The molecule has 0 bridgehead atoms. The first-order chi connectivity index (χ1) is 17.6. The normalized spacial score (nSPS) is 23.1. The summed E-state index contributed by atoms with van der Waals surface area (Å²) in [6.45, 7) is 0.172. The molecule has 2 heterocycles. The third-order valence-electron chi connectivity index (χ3n) is 6.54. The molecule has 5 rings (SSSR count). The molecule has 0 aliphatic carbocycles. The molecule has 3 aromatic carbocycles. The summed E-state index contributed by atoms with van der Waals surface area (Å²) in [5.41, 5.74) is 2.46. The van der Waals surface area contributed by atoms with Crippen LogP contribution in [0.2, 0.25) is 0 Å². The Bertz CT molecular complexity index is 1260. The van der Waals surface area contributed by atoms with Gasteiger partial charge in [-0.15, -0.1) is 0 Å². The van der Waals surface area contributed by atoms with Crippen molar-refractivity contribution in [3.05, 3.63) is 107 Å². The van der Waals surface area contributed by atoms with Gasteiger partial charge in [0.1, 0.15) is 5.82 Å². The zero-order valence-electron chi connectivity index (χ0n) is 19.7. The van der Waals surface area contributed by atoms with E-state index >= 15 is 0 Å². The van der Waals surface area contributed by atoms with E-state index in [1.54, 1.807) is 12.1 Å². The minimum Gasteiger partial charge on any atom is -0.454 e. The summed E-state index contributed by atoms with van der Waals surface area (Å²) in [6.07, 6.45) is 5.06. The van der Waals surface area contributed by atoms with E-state index in [-0.39, 0.29) is 42.9 Å². The largest absolute Gasteiger partial charge is 0.454 e. The average molecular weight is 487 g/mol. The molecular formula is C29H27FN2O4. The Labute approximate surface area is 209 Å². The van der Waals surface area contributed by atoms with Gasteiger partial charge in [0, 0.05) is 6.42 Å². The van der Waals surface area contributed by atoms with E-state index in [2.05, 4.69) is 10.6 Å². The van der Waals surface area contributed by atoms with E-state index in [9.17, 15) is 14.0 Å². The summed E-state index contributed by atoms with van der Waals surface area (Å²) < 4.78 is 24.5. The van der Waals surface area contributed by atoms with Crippen LogP contribution in [0, 0.1) is 5.82 Å². The molecule has 184 valence electrons. The van der Waals surface area contributed by atoms with Gasteiger partial charge in [0.05, 0.1) is 18.0 Å². The highest BCUT2D eigenvalue weighted by atomic mass is 19.1. The fourth-order valence-corrected chi connectivity index (χ4v) is 4.60. The van der Waals surface area contributed by atoms with Crippen LogP contribution < -0.4 is 20.1 Å². The lowest BCUT2D eigenvalue weighted by Crippen LogP contribution is -2.37. The smallest absolute Gasteiger partial charge is 0.231 e. The van der Waals surface area contributed by atoms with Crippen LogP contribution >= 0.6 is 0 Å². The van der Waals surface area contributed by atoms with Crippen LogP contribution in [0.15, 0.2) is 84.9 Å². The average Bonchev–Trinajstić information content (AvgIpc) is 3.36. The van der Waals surface area contributed by atoms with Crippen LogP contribution in [0.4, 0.5) is 4.39 Å². The standard InChI is InChI=1S/C29H27FN2O4/c30-22-13-10-20(11-14-22)24-8-4-5-9-25(21-12-15-26-27(16-21)36-18-35-26)32-29(34)23(17-28(33)31-24)19-6-2-1-3-7-19/h1-7,10-16,23-25H,8-9,17-18H2,(H,31,33)(H,32,34)/b5-4-/t23-,24+,25+/m0/s1. The quantitative estimate of drug-likeness (QED) is 0.506.